The molecule has 0 bridgehead atoms. The van der Waals surface area contributed by atoms with Gasteiger partial charge in [0.15, 0.2) is 11.9 Å². The molecule has 0 spiro atoms. The fraction of sp³-hybridized carbons (Fsp3) is 0.389. The van der Waals surface area contributed by atoms with Gasteiger partial charge in [0.1, 0.15) is 29.6 Å². The van der Waals surface area contributed by atoms with E-state index in [4.69, 9.17) is 4.74 Å². The average Bonchev–Trinajstić information content (AvgIpc) is 3.24. The molecular formula is C18H21N5O5. The van der Waals surface area contributed by atoms with E-state index >= 15 is 0 Å². The number of imidazole rings is 1. The lowest BCUT2D eigenvalue weighted by Gasteiger charge is -2.16. The molecule has 1 aliphatic rings. The maximum Gasteiger partial charge on any atom is 0.348 e. The van der Waals surface area contributed by atoms with Gasteiger partial charge >= 0.3 is 5.69 Å². The van der Waals surface area contributed by atoms with E-state index in [9.17, 15) is 20.1 Å². The van der Waals surface area contributed by atoms with E-state index in [-0.39, 0.29) is 5.65 Å². The summed E-state index contributed by atoms with van der Waals surface area (Å²) in [6.07, 6.45) is -2.34. The first-order valence-corrected chi connectivity index (χ1v) is 8.95. The molecule has 0 saturated carbocycles. The van der Waals surface area contributed by atoms with Crippen LogP contribution in [-0.4, -0.2) is 66.3 Å². The zero-order valence-corrected chi connectivity index (χ0v) is 14.9. The Morgan fingerprint density at radius 3 is 2.71 bits per heavy atom. The van der Waals surface area contributed by atoms with E-state index in [0.717, 1.165) is 12.0 Å². The van der Waals surface area contributed by atoms with Crippen LogP contribution in [0.2, 0.25) is 0 Å². The predicted molar refractivity (Wildman–Crippen MR) is 99.8 cm³/mol. The number of anilines is 1. The van der Waals surface area contributed by atoms with Crippen molar-refractivity contribution in [1.29, 1.82) is 0 Å². The zero-order chi connectivity index (χ0) is 19.7. The molecule has 1 fully saturated rings. The molecule has 2 aromatic heterocycles. The number of benzene rings is 1. The number of ether oxygens (including phenoxy) is 1. The maximum atomic E-state index is 12.0. The van der Waals surface area contributed by atoms with Crippen LogP contribution in [0.15, 0.2) is 41.5 Å². The summed E-state index contributed by atoms with van der Waals surface area (Å²) in [5.41, 5.74) is 1.19. The summed E-state index contributed by atoms with van der Waals surface area (Å²) in [4.78, 5) is 22.9. The molecule has 1 aliphatic heterocycles. The number of aliphatic hydroxyl groups is 3. The normalized spacial score (nSPS) is 24.7. The maximum absolute atomic E-state index is 12.0. The second-order valence-corrected chi connectivity index (χ2v) is 6.63. The molecule has 0 unspecified atom stereocenters. The van der Waals surface area contributed by atoms with Crippen LogP contribution in [0.4, 0.5) is 5.82 Å². The van der Waals surface area contributed by atoms with Gasteiger partial charge in [-0.1, -0.05) is 30.3 Å². The lowest BCUT2D eigenvalue weighted by atomic mass is 10.1. The van der Waals surface area contributed by atoms with Crippen LogP contribution in [0.25, 0.3) is 11.2 Å². The van der Waals surface area contributed by atoms with E-state index in [1.807, 2.05) is 30.3 Å². The molecule has 10 nitrogen and oxygen atoms in total. The number of aromatic nitrogens is 4. The van der Waals surface area contributed by atoms with Crippen molar-refractivity contribution in [3.8, 4) is 0 Å². The Morgan fingerprint density at radius 2 is 2.00 bits per heavy atom. The summed E-state index contributed by atoms with van der Waals surface area (Å²) in [5, 5.41) is 32.6. The van der Waals surface area contributed by atoms with Gasteiger partial charge in [-0.2, -0.15) is 4.98 Å². The van der Waals surface area contributed by atoms with Crippen LogP contribution in [0.1, 0.15) is 11.8 Å². The largest absolute Gasteiger partial charge is 0.394 e. The summed E-state index contributed by atoms with van der Waals surface area (Å²) in [7, 11) is 0. The highest BCUT2D eigenvalue weighted by molar-refractivity contribution is 5.82. The standard InChI is InChI=1S/C18H21N5O5/c24-8-11-13(25)14(26)17(28-11)23-9-20-12-15(21-18(27)22-16(12)23)19-7-6-10-4-2-1-3-5-10/h1-5,9,11,13-14,17,24-26H,6-8H2,(H2,19,21,22,27)/t11-,13+,14+,17+/m0/s1. The molecule has 0 radical (unpaired) electrons. The van der Waals surface area contributed by atoms with Crippen LogP contribution in [-0.2, 0) is 11.2 Å². The van der Waals surface area contributed by atoms with Crippen LogP contribution in [0.3, 0.4) is 0 Å². The Hall–Kier alpha value is -2.79. The molecule has 4 rings (SSSR count). The number of aromatic amines is 1. The summed E-state index contributed by atoms with van der Waals surface area (Å²) >= 11 is 0. The smallest absolute Gasteiger partial charge is 0.348 e. The number of hydrogen-bond acceptors (Lipinski definition) is 8. The number of fused-ring (bicyclic) bond motifs is 1. The molecule has 10 heteroatoms. The third kappa shape index (κ3) is 3.38. The van der Waals surface area contributed by atoms with Gasteiger partial charge in [0, 0.05) is 6.54 Å². The first kappa shape index (κ1) is 18.6. The second-order valence-electron chi connectivity index (χ2n) is 6.63. The van der Waals surface area contributed by atoms with Crippen molar-refractivity contribution < 1.29 is 20.1 Å². The molecule has 1 aromatic carbocycles. The van der Waals surface area contributed by atoms with E-state index in [2.05, 4.69) is 20.3 Å². The number of aliphatic hydroxyl groups excluding tert-OH is 3. The molecule has 28 heavy (non-hydrogen) atoms. The minimum Gasteiger partial charge on any atom is -0.394 e. The van der Waals surface area contributed by atoms with Crippen LogP contribution >= 0.6 is 0 Å². The Labute approximate surface area is 159 Å². The molecule has 148 valence electrons. The van der Waals surface area contributed by atoms with Crippen molar-refractivity contribution in [2.75, 3.05) is 18.5 Å². The summed E-state index contributed by atoms with van der Waals surface area (Å²) in [5.74, 6) is 0.413. The third-order valence-corrected chi connectivity index (χ3v) is 4.79. The SMILES string of the molecule is O=c1nc2c(ncn2[C@@H]2O[C@@H](CO)[C@@H](O)[C@H]2O)c(NCCc2ccccc2)[nH]1. The van der Waals surface area contributed by atoms with E-state index in [0.29, 0.717) is 17.9 Å². The van der Waals surface area contributed by atoms with Gasteiger partial charge in [-0.15, -0.1) is 0 Å². The van der Waals surface area contributed by atoms with Crippen LogP contribution in [0, 0.1) is 0 Å². The number of H-pyrrole nitrogens is 1. The van der Waals surface area contributed by atoms with Gasteiger partial charge < -0.3 is 25.4 Å². The minimum absolute atomic E-state index is 0.209. The van der Waals surface area contributed by atoms with Crippen LogP contribution in [0.5, 0.6) is 0 Å². The Bertz CT molecular complexity index is 1000. The highest BCUT2D eigenvalue weighted by Crippen LogP contribution is 2.31. The summed E-state index contributed by atoms with van der Waals surface area (Å²) < 4.78 is 6.89. The van der Waals surface area contributed by atoms with Crippen molar-refractivity contribution in [3.05, 3.63) is 52.7 Å². The van der Waals surface area contributed by atoms with Crippen molar-refractivity contribution >= 4 is 17.0 Å². The highest BCUT2D eigenvalue weighted by Gasteiger charge is 2.44. The van der Waals surface area contributed by atoms with Crippen molar-refractivity contribution in [3.63, 3.8) is 0 Å². The molecule has 0 aliphatic carbocycles. The monoisotopic (exact) mass is 387 g/mol. The van der Waals surface area contributed by atoms with Gasteiger partial charge in [0.25, 0.3) is 0 Å². The van der Waals surface area contributed by atoms with Crippen LogP contribution < -0.4 is 11.0 Å². The lowest BCUT2D eigenvalue weighted by Crippen LogP contribution is -2.33. The molecule has 3 aromatic rings. The third-order valence-electron chi connectivity index (χ3n) is 4.79. The van der Waals surface area contributed by atoms with E-state index < -0.39 is 36.8 Å². The Morgan fingerprint density at radius 1 is 1.21 bits per heavy atom. The van der Waals surface area contributed by atoms with Gasteiger partial charge in [0.05, 0.1) is 12.9 Å². The van der Waals surface area contributed by atoms with Gasteiger partial charge in [-0.05, 0) is 12.0 Å². The number of nitrogens with zero attached hydrogens (tertiary/aromatic N) is 3. The van der Waals surface area contributed by atoms with Crippen molar-refractivity contribution in [2.45, 2.75) is 31.0 Å². The Balaban J connectivity index is 1.59. The van der Waals surface area contributed by atoms with Gasteiger partial charge in [-0.3, -0.25) is 9.55 Å². The first-order valence-electron chi connectivity index (χ1n) is 8.95. The Kier molecular flexibility index (Phi) is 5.09. The summed E-state index contributed by atoms with van der Waals surface area (Å²) in [6.45, 7) is 0.126. The predicted octanol–water partition coefficient (Wildman–Crippen LogP) is -0.614. The molecule has 3 heterocycles. The second kappa shape index (κ2) is 7.68. The van der Waals surface area contributed by atoms with Crippen molar-refractivity contribution in [2.24, 2.45) is 0 Å². The molecule has 0 amide bonds. The minimum atomic E-state index is -1.29. The topological polar surface area (TPSA) is 146 Å². The fourth-order valence-corrected chi connectivity index (χ4v) is 3.33. The first-order chi connectivity index (χ1) is 13.6. The number of hydrogen-bond donors (Lipinski definition) is 5. The molecule has 1 saturated heterocycles. The zero-order valence-electron chi connectivity index (χ0n) is 14.9. The molecule has 4 atom stereocenters. The van der Waals surface area contributed by atoms with E-state index in [1.54, 1.807) is 0 Å². The molecule has 5 N–H and O–H groups in total. The van der Waals surface area contributed by atoms with Gasteiger partial charge in [0.2, 0.25) is 0 Å². The summed E-state index contributed by atoms with van der Waals surface area (Å²) in [6, 6.07) is 9.91. The van der Waals surface area contributed by atoms with E-state index in [1.165, 1.54) is 10.9 Å². The quantitative estimate of drug-likeness (QED) is 0.376. The number of nitrogens with one attached hydrogen (secondary N) is 2. The number of rotatable bonds is 6. The molecular weight excluding hydrogens is 366 g/mol. The fourth-order valence-electron chi connectivity index (χ4n) is 3.33. The van der Waals surface area contributed by atoms with Gasteiger partial charge in [-0.25, -0.2) is 9.78 Å². The average molecular weight is 387 g/mol. The highest BCUT2D eigenvalue weighted by atomic mass is 16.6. The van der Waals surface area contributed by atoms with Crippen molar-refractivity contribution in [1.82, 2.24) is 19.5 Å². The lowest BCUT2D eigenvalue weighted by molar-refractivity contribution is -0.0511.